The van der Waals surface area contributed by atoms with Crippen molar-refractivity contribution in [3.63, 3.8) is 0 Å². The maximum atomic E-state index is 15.1. The van der Waals surface area contributed by atoms with Gasteiger partial charge in [-0.15, -0.1) is 0 Å². The quantitative estimate of drug-likeness (QED) is 0.111. The highest BCUT2D eigenvalue weighted by Gasteiger charge is 2.55. The average Bonchev–Trinajstić information content (AvgIpc) is 3.71. The molecule has 7 rings (SSSR count). The van der Waals surface area contributed by atoms with Crippen molar-refractivity contribution in [2.45, 2.75) is 69.3 Å². The number of Topliss-reactive ketones (excluding diaryl/α,β-unsaturated/α-hetero) is 2. The fraction of sp³-hybridized carbons (Fsp3) is 0.275. The lowest BCUT2D eigenvalue weighted by Crippen LogP contribution is -2.33. The zero-order valence-corrected chi connectivity index (χ0v) is 28.2. The van der Waals surface area contributed by atoms with Gasteiger partial charge in [0.15, 0.2) is 11.6 Å². The lowest BCUT2D eigenvalue weighted by molar-refractivity contribution is -0.121. The number of hydrogen-bond donors (Lipinski definition) is 0. The molecule has 2 aromatic heterocycles. The molecule has 14 heteroatoms. The van der Waals surface area contributed by atoms with Gasteiger partial charge in [0.25, 0.3) is 18.3 Å². The zero-order chi connectivity index (χ0) is 38.4. The molecule has 0 bridgehead atoms. The van der Waals surface area contributed by atoms with Crippen LogP contribution in [0.1, 0.15) is 93.5 Å². The molecule has 5 aromatic rings. The Balaban J connectivity index is 1.34. The van der Waals surface area contributed by atoms with Crippen molar-refractivity contribution in [2.75, 3.05) is 0 Å². The van der Waals surface area contributed by atoms with E-state index in [1.807, 2.05) is 0 Å². The van der Waals surface area contributed by atoms with Crippen LogP contribution in [0.25, 0.3) is 11.1 Å². The van der Waals surface area contributed by atoms with E-state index in [4.69, 9.17) is 0 Å². The Labute approximate surface area is 303 Å². The SMILES string of the molecule is O=C(C[C@@H](Cc1cc(F)cc(F)c1)c1nc(C#Cc2ccccc2)ncc1-c1ccc2c(c1)C(=O)CC2)Cn1nc(C(F)F)c2c1C(F)(F)CCC2(F)F. The highest BCUT2D eigenvalue weighted by molar-refractivity contribution is 6.01. The van der Waals surface area contributed by atoms with Crippen LogP contribution in [0.5, 0.6) is 0 Å². The molecule has 54 heavy (non-hydrogen) atoms. The molecular formula is C40H28F8N4O2. The summed E-state index contributed by atoms with van der Waals surface area (Å²) in [4.78, 5) is 35.6. The predicted molar refractivity (Wildman–Crippen MR) is 179 cm³/mol. The normalized spacial score (nSPS) is 16.1. The van der Waals surface area contributed by atoms with E-state index in [2.05, 4.69) is 26.9 Å². The van der Waals surface area contributed by atoms with Gasteiger partial charge in [0.1, 0.15) is 29.6 Å². The maximum absolute atomic E-state index is 15.1. The number of aromatic nitrogens is 4. The fourth-order valence-electron chi connectivity index (χ4n) is 7.07. The van der Waals surface area contributed by atoms with E-state index in [1.165, 1.54) is 6.20 Å². The monoisotopic (exact) mass is 748 g/mol. The van der Waals surface area contributed by atoms with Gasteiger partial charge in [-0.05, 0) is 65.8 Å². The van der Waals surface area contributed by atoms with Crippen LogP contribution in [0.15, 0.2) is 72.9 Å². The standard InChI is InChI=1S/C40H28F8N4O2/c41-27-15-23(16-28(42)19-27)14-26(17-29(53)21-52-37-34(36(51-52)38(43)44)39(45,46)12-13-40(37,47)48)35-31(25-8-7-24-9-10-32(54)30(24)18-25)20-49-33(50-35)11-6-22-4-2-1-3-5-22/h1-5,7-8,15-16,18-20,26,38H,9-10,12-14,17,21H2/t26-/m1/s1. The van der Waals surface area contributed by atoms with E-state index in [1.54, 1.807) is 48.5 Å². The first kappa shape index (κ1) is 36.6. The maximum Gasteiger partial charge on any atom is 0.290 e. The van der Waals surface area contributed by atoms with Crippen molar-refractivity contribution in [2.24, 2.45) is 0 Å². The van der Waals surface area contributed by atoms with Crippen LogP contribution in [0.3, 0.4) is 0 Å². The van der Waals surface area contributed by atoms with Crippen molar-refractivity contribution in [3.05, 3.63) is 135 Å². The lowest BCUT2D eigenvalue weighted by atomic mass is 9.86. The highest BCUT2D eigenvalue weighted by atomic mass is 19.3. The number of carbonyl (C=O) groups excluding carboxylic acids is 2. The molecule has 0 amide bonds. The summed E-state index contributed by atoms with van der Waals surface area (Å²) in [6.45, 7) is -1.09. The van der Waals surface area contributed by atoms with E-state index in [-0.39, 0.29) is 34.0 Å². The number of benzene rings is 3. The zero-order valence-electron chi connectivity index (χ0n) is 28.2. The van der Waals surface area contributed by atoms with Gasteiger partial charge in [-0.2, -0.15) is 13.9 Å². The molecule has 2 aliphatic rings. The molecule has 0 unspecified atom stereocenters. The molecule has 0 saturated heterocycles. The Morgan fingerprint density at radius 3 is 2.30 bits per heavy atom. The van der Waals surface area contributed by atoms with E-state index in [0.717, 1.165) is 17.7 Å². The molecule has 3 aromatic carbocycles. The molecule has 1 atom stereocenters. The van der Waals surface area contributed by atoms with Gasteiger partial charge in [-0.3, -0.25) is 14.3 Å². The second kappa shape index (κ2) is 14.3. The number of ketones is 2. The average molecular weight is 749 g/mol. The van der Waals surface area contributed by atoms with E-state index in [9.17, 15) is 35.9 Å². The van der Waals surface area contributed by atoms with Gasteiger partial charge in [0.05, 0.1) is 11.3 Å². The van der Waals surface area contributed by atoms with Crippen LogP contribution < -0.4 is 0 Å². The summed E-state index contributed by atoms with van der Waals surface area (Å²) in [5.41, 5.74) is -1.67. The van der Waals surface area contributed by atoms with Crippen LogP contribution in [0.4, 0.5) is 35.1 Å². The largest absolute Gasteiger partial charge is 0.298 e. The van der Waals surface area contributed by atoms with Gasteiger partial charge in [0.2, 0.25) is 5.82 Å². The minimum absolute atomic E-state index is 0.0118. The Morgan fingerprint density at radius 1 is 0.852 bits per heavy atom. The molecule has 0 fully saturated rings. The van der Waals surface area contributed by atoms with Gasteiger partial charge in [-0.1, -0.05) is 36.3 Å². The second-order valence-corrected chi connectivity index (χ2v) is 13.3. The van der Waals surface area contributed by atoms with Crippen molar-refractivity contribution in [1.29, 1.82) is 0 Å². The predicted octanol–water partition coefficient (Wildman–Crippen LogP) is 9.05. The summed E-state index contributed by atoms with van der Waals surface area (Å²) < 4.78 is 117. The van der Waals surface area contributed by atoms with Crippen molar-refractivity contribution < 1.29 is 44.7 Å². The minimum Gasteiger partial charge on any atom is -0.298 e. The summed E-state index contributed by atoms with van der Waals surface area (Å²) in [7, 11) is 0. The second-order valence-electron chi connectivity index (χ2n) is 13.3. The Kier molecular flexibility index (Phi) is 9.68. The number of fused-ring (bicyclic) bond motifs is 2. The summed E-state index contributed by atoms with van der Waals surface area (Å²) in [5, 5.41) is 3.39. The van der Waals surface area contributed by atoms with Gasteiger partial charge < -0.3 is 0 Å². The molecular weight excluding hydrogens is 720 g/mol. The van der Waals surface area contributed by atoms with Crippen LogP contribution >= 0.6 is 0 Å². The van der Waals surface area contributed by atoms with Crippen molar-refractivity contribution >= 4 is 11.6 Å². The van der Waals surface area contributed by atoms with Crippen molar-refractivity contribution in [3.8, 4) is 23.0 Å². The lowest BCUT2D eigenvalue weighted by Gasteiger charge is -2.29. The van der Waals surface area contributed by atoms with E-state index < -0.39 is 84.4 Å². The summed E-state index contributed by atoms with van der Waals surface area (Å²) in [6.07, 6.45) is -4.96. The highest BCUT2D eigenvalue weighted by Crippen LogP contribution is 2.52. The molecule has 0 saturated carbocycles. The third kappa shape index (κ3) is 7.40. The van der Waals surface area contributed by atoms with Crippen molar-refractivity contribution in [1.82, 2.24) is 19.7 Å². The molecule has 0 spiro atoms. The number of aryl methyl sites for hydroxylation is 1. The fourth-order valence-corrected chi connectivity index (χ4v) is 7.07. The molecule has 2 heterocycles. The third-order valence-electron chi connectivity index (χ3n) is 9.50. The number of nitrogens with zero attached hydrogens (tertiary/aromatic N) is 4. The summed E-state index contributed by atoms with van der Waals surface area (Å²) >= 11 is 0. The molecule has 2 aliphatic carbocycles. The number of hydrogen-bond acceptors (Lipinski definition) is 5. The first-order valence-electron chi connectivity index (χ1n) is 16.9. The third-order valence-corrected chi connectivity index (χ3v) is 9.50. The molecule has 0 radical (unpaired) electrons. The number of alkyl halides is 6. The summed E-state index contributed by atoms with van der Waals surface area (Å²) in [6, 6.07) is 16.7. The Morgan fingerprint density at radius 2 is 1.57 bits per heavy atom. The van der Waals surface area contributed by atoms with E-state index >= 15 is 8.78 Å². The van der Waals surface area contributed by atoms with Crippen LogP contribution in [0, 0.1) is 23.5 Å². The van der Waals surface area contributed by atoms with Gasteiger partial charge in [0, 0.05) is 60.6 Å². The number of rotatable bonds is 9. The van der Waals surface area contributed by atoms with Gasteiger partial charge >= 0.3 is 0 Å². The number of carbonyl (C=O) groups is 2. The van der Waals surface area contributed by atoms with E-state index in [0.29, 0.717) is 41.2 Å². The Bertz CT molecular complexity index is 2330. The van der Waals surface area contributed by atoms with Crippen LogP contribution in [-0.4, -0.2) is 31.3 Å². The van der Waals surface area contributed by atoms with Crippen LogP contribution in [-0.2, 0) is 36.0 Å². The topological polar surface area (TPSA) is 77.7 Å². The molecule has 276 valence electrons. The molecule has 6 nitrogen and oxygen atoms in total. The Hall–Kier alpha value is -5.71. The van der Waals surface area contributed by atoms with Crippen LogP contribution in [0.2, 0.25) is 0 Å². The smallest absolute Gasteiger partial charge is 0.290 e. The number of halogens is 8. The molecule has 0 aliphatic heterocycles. The minimum atomic E-state index is -4.04. The molecule has 0 N–H and O–H groups in total. The summed E-state index contributed by atoms with van der Waals surface area (Å²) in [5.74, 6) is -6.20. The van der Waals surface area contributed by atoms with Gasteiger partial charge in [-0.25, -0.2) is 36.3 Å². The first-order chi connectivity index (χ1) is 25.7. The first-order valence-corrected chi connectivity index (χ1v) is 16.9.